The molecule has 4 heteroatoms. The van der Waals surface area contributed by atoms with Crippen LogP contribution in [0.1, 0.15) is 19.4 Å². The van der Waals surface area contributed by atoms with Crippen molar-refractivity contribution in [3.05, 3.63) is 48.0 Å². The fraction of sp³-hybridized carbons (Fsp3) is 0.389. The number of benzene rings is 2. The Morgan fingerprint density at radius 1 is 1.00 bits per heavy atom. The molecule has 0 unspecified atom stereocenters. The van der Waals surface area contributed by atoms with E-state index in [0.29, 0.717) is 0 Å². The Morgan fingerprint density at radius 3 is 2.45 bits per heavy atom. The van der Waals surface area contributed by atoms with Crippen molar-refractivity contribution >= 4 is 28.1 Å². The van der Waals surface area contributed by atoms with Crippen LogP contribution in [0, 0.1) is 0 Å². The molecule has 0 amide bonds. The van der Waals surface area contributed by atoms with Gasteiger partial charge in [-0.1, -0.05) is 50.2 Å². The van der Waals surface area contributed by atoms with Crippen molar-refractivity contribution in [2.75, 3.05) is 26.2 Å². The maximum atomic E-state index is 5.33. The number of fused-ring (bicyclic) bond motifs is 1. The van der Waals surface area contributed by atoms with Gasteiger partial charge in [0, 0.05) is 19.6 Å². The highest BCUT2D eigenvalue weighted by atomic mass is 32.1. The molecule has 0 saturated heterocycles. The highest BCUT2D eigenvalue weighted by Gasteiger charge is 2.01. The van der Waals surface area contributed by atoms with Crippen molar-refractivity contribution in [2.45, 2.75) is 20.4 Å². The summed E-state index contributed by atoms with van der Waals surface area (Å²) in [6.45, 7) is 9.17. The number of rotatable bonds is 7. The summed E-state index contributed by atoms with van der Waals surface area (Å²) in [5, 5.41) is 9.80. The Bertz CT molecular complexity index is 608. The number of hydrogen-bond acceptors (Lipinski definition) is 2. The van der Waals surface area contributed by atoms with Crippen LogP contribution in [-0.2, 0) is 6.54 Å². The third kappa shape index (κ3) is 4.97. The predicted molar refractivity (Wildman–Crippen MR) is 99.2 cm³/mol. The van der Waals surface area contributed by atoms with E-state index in [1.54, 1.807) is 0 Å². The van der Waals surface area contributed by atoms with Gasteiger partial charge < -0.3 is 15.5 Å². The van der Waals surface area contributed by atoms with Crippen LogP contribution >= 0.6 is 12.2 Å². The van der Waals surface area contributed by atoms with Crippen LogP contribution in [0.25, 0.3) is 10.8 Å². The van der Waals surface area contributed by atoms with Gasteiger partial charge in [0.15, 0.2) is 5.11 Å². The minimum atomic E-state index is 0.723. The van der Waals surface area contributed by atoms with E-state index < -0.39 is 0 Å². The lowest BCUT2D eigenvalue weighted by Gasteiger charge is -2.19. The normalized spacial score (nSPS) is 10.9. The van der Waals surface area contributed by atoms with E-state index in [0.717, 1.165) is 37.8 Å². The Kier molecular flexibility index (Phi) is 6.62. The fourth-order valence-corrected chi connectivity index (χ4v) is 2.64. The van der Waals surface area contributed by atoms with E-state index in [9.17, 15) is 0 Å². The third-order valence-corrected chi connectivity index (χ3v) is 4.16. The number of nitrogens with zero attached hydrogens (tertiary/aromatic N) is 1. The molecule has 2 rings (SSSR count). The molecule has 22 heavy (non-hydrogen) atoms. The zero-order valence-electron chi connectivity index (χ0n) is 13.4. The highest BCUT2D eigenvalue weighted by molar-refractivity contribution is 7.80. The lowest BCUT2D eigenvalue weighted by atomic mass is 10.1. The second-order valence-electron chi connectivity index (χ2n) is 5.32. The van der Waals surface area contributed by atoms with Crippen molar-refractivity contribution in [3.8, 4) is 0 Å². The summed E-state index contributed by atoms with van der Waals surface area (Å²) < 4.78 is 0. The van der Waals surface area contributed by atoms with Crippen molar-refractivity contribution < 1.29 is 0 Å². The molecule has 0 aliphatic carbocycles. The minimum absolute atomic E-state index is 0.723. The van der Waals surface area contributed by atoms with Gasteiger partial charge in [0.2, 0.25) is 0 Å². The van der Waals surface area contributed by atoms with E-state index in [1.807, 2.05) is 0 Å². The molecule has 2 aromatic rings. The van der Waals surface area contributed by atoms with Crippen molar-refractivity contribution in [3.63, 3.8) is 0 Å². The minimum Gasteiger partial charge on any atom is -0.361 e. The van der Waals surface area contributed by atoms with Gasteiger partial charge in [-0.15, -0.1) is 0 Å². The molecule has 0 aliphatic heterocycles. The number of thiocarbonyl (C=S) groups is 1. The lowest BCUT2D eigenvalue weighted by Crippen LogP contribution is -2.39. The predicted octanol–water partition coefficient (Wildman–Crippen LogP) is 3.15. The van der Waals surface area contributed by atoms with Crippen molar-refractivity contribution in [1.29, 1.82) is 0 Å². The van der Waals surface area contributed by atoms with E-state index in [4.69, 9.17) is 12.2 Å². The third-order valence-electron chi connectivity index (χ3n) is 3.87. The van der Waals surface area contributed by atoms with Gasteiger partial charge in [-0.25, -0.2) is 0 Å². The maximum Gasteiger partial charge on any atom is 0.166 e. The van der Waals surface area contributed by atoms with Gasteiger partial charge in [-0.2, -0.15) is 0 Å². The Balaban J connectivity index is 1.77. The first-order valence-corrected chi connectivity index (χ1v) is 8.35. The van der Waals surface area contributed by atoms with Gasteiger partial charge in [0.05, 0.1) is 0 Å². The molecule has 0 spiro atoms. The quantitative estimate of drug-likeness (QED) is 0.768. The van der Waals surface area contributed by atoms with Gasteiger partial charge in [-0.05, 0) is 47.7 Å². The van der Waals surface area contributed by atoms with Gasteiger partial charge >= 0.3 is 0 Å². The average molecular weight is 315 g/mol. The lowest BCUT2D eigenvalue weighted by molar-refractivity contribution is 0.308. The average Bonchev–Trinajstić information content (AvgIpc) is 2.56. The zero-order valence-corrected chi connectivity index (χ0v) is 14.2. The molecule has 2 aromatic carbocycles. The second-order valence-corrected chi connectivity index (χ2v) is 5.73. The first-order chi connectivity index (χ1) is 10.7. The summed E-state index contributed by atoms with van der Waals surface area (Å²) in [5.74, 6) is 0. The van der Waals surface area contributed by atoms with E-state index in [-0.39, 0.29) is 0 Å². The van der Waals surface area contributed by atoms with Gasteiger partial charge in [0.25, 0.3) is 0 Å². The first kappa shape index (κ1) is 16.7. The van der Waals surface area contributed by atoms with Crippen LogP contribution in [0.3, 0.4) is 0 Å². The van der Waals surface area contributed by atoms with Crippen LogP contribution in [0.15, 0.2) is 42.5 Å². The molecule has 0 heterocycles. The zero-order chi connectivity index (χ0) is 15.8. The van der Waals surface area contributed by atoms with Crippen LogP contribution in [-0.4, -0.2) is 36.2 Å². The smallest absolute Gasteiger partial charge is 0.166 e. The number of hydrogen-bond donors (Lipinski definition) is 2. The molecule has 118 valence electrons. The Hall–Kier alpha value is -1.65. The number of nitrogens with one attached hydrogen (secondary N) is 2. The van der Waals surface area contributed by atoms with Crippen LogP contribution < -0.4 is 10.6 Å². The molecule has 0 aliphatic rings. The van der Waals surface area contributed by atoms with Crippen LogP contribution in [0.2, 0.25) is 0 Å². The molecular weight excluding hydrogens is 290 g/mol. The topological polar surface area (TPSA) is 27.3 Å². The van der Waals surface area contributed by atoms with Crippen LogP contribution in [0.5, 0.6) is 0 Å². The fourth-order valence-electron chi connectivity index (χ4n) is 2.46. The molecule has 0 radical (unpaired) electrons. The van der Waals surface area contributed by atoms with Crippen molar-refractivity contribution in [1.82, 2.24) is 15.5 Å². The van der Waals surface area contributed by atoms with Crippen LogP contribution in [0.4, 0.5) is 0 Å². The molecule has 0 saturated carbocycles. The highest BCUT2D eigenvalue weighted by Crippen LogP contribution is 2.15. The second kappa shape index (κ2) is 8.71. The molecule has 3 nitrogen and oxygen atoms in total. The van der Waals surface area contributed by atoms with E-state index >= 15 is 0 Å². The summed E-state index contributed by atoms with van der Waals surface area (Å²) in [6.07, 6.45) is 0. The number of likely N-dealkylation sites (N-methyl/N-ethyl adjacent to an activating group) is 1. The van der Waals surface area contributed by atoms with E-state index in [2.05, 4.69) is 71.8 Å². The summed E-state index contributed by atoms with van der Waals surface area (Å²) in [6, 6.07) is 14.9. The van der Waals surface area contributed by atoms with Gasteiger partial charge in [-0.3, -0.25) is 0 Å². The summed E-state index contributed by atoms with van der Waals surface area (Å²) in [4.78, 5) is 2.37. The first-order valence-electron chi connectivity index (χ1n) is 7.94. The summed E-state index contributed by atoms with van der Waals surface area (Å²) in [7, 11) is 0. The van der Waals surface area contributed by atoms with E-state index in [1.165, 1.54) is 16.3 Å². The Labute approximate surface area is 138 Å². The molecule has 0 atom stereocenters. The van der Waals surface area contributed by atoms with Gasteiger partial charge in [0.1, 0.15) is 0 Å². The molecule has 0 fully saturated rings. The Morgan fingerprint density at radius 2 is 1.73 bits per heavy atom. The monoisotopic (exact) mass is 315 g/mol. The summed E-state index contributed by atoms with van der Waals surface area (Å²) in [5.41, 5.74) is 1.24. The largest absolute Gasteiger partial charge is 0.361 e. The summed E-state index contributed by atoms with van der Waals surface area (Å²) >= 11 is 5.33. The SMILES string of the molecule is CCN(CC)CCNC(=S)NCc1ccc2ccccc2c1. The molecular formula is C18H25N3S. The molecule has 0 aromatic heterocycles. The standard InChI is InChI=1S/C18H25N3S/c1-3-21(4-2)12-11-19-18(22)20-14-15-9-10-16-7-5-6-8-17(16)13-15/h5-10,13H,3-4,11-12,14H2,1-2H3,(H2,19,20,22). The molecule has 0 bridgehead atoms. The maximum absolute atomic E-state index is 5.33. The molecule has 2 N–H and O–H groups in total. The van der Waals surface area contributed by atoms with Crippen molar-refractivity contribution in [2.24, 2.45) is 0 Å².